The molecule has 0 unspecified atom stereocenters. The van der Waals surface area contributed by atoms with Gasteiger partial charge < -0.3 is 9.88 Å². The van der Waals surface area contributed by atoms with Crippen LogP contribution < -0.4 is 5.32 Å². The van der Waals surface area contributed by atoms with Crippen molar-refractivity contribution in [3.63, 3.8) is 0 Å². The molecule has 0 atom stereocenters. The van der Waals surface area contributed by atoms with E-state index in [9.17, 15) is 14.0 Å². The number of rotatable bonds is 4. The van der Waals surface area contributed by atoms with Crippen molar-refractivity contribution in [2.24, 2.45) is 0 Å². The summed E-state index contributed by atoms with van der Waals surface area (Å²) in [5.41, 5.74) is 4.30. The molecule has 7 heteroatoms. The van der Waals surface area contributed by atoms with Crippen LogP contribution in [0, 0.1) is 23.2 Å². The fourth-order valence-corrected chi connectivity index (χ4v) is 3.95. The van der Waals surface area contributed by atoms with E-state index in [1.807, 2.05) is 44.2 Å². The number of hydrogen-bond donors (Lipinski definition) is 1. The van der Waals surface area contributed by atoms with Crippen LogP contribution in [0.5, 0.6) is 0 Å². The molecule has 1 fully saturated rings. The molecule has 1 aliphatic rings. The lowest BCUT2D eigenvalue weighted by molar-refractivity contribution is -0.123. The highest BCUT2D eigenvalue weighted by molar-refractivity contribution is 14.1. The van der Waals surface area contributed by atoms with Crippen molar-refractivity contribution in [3.05, 3.63) is 92.2 Å². The molecule has 3 aromatic rings. The van der Waals surface area contributed by atoms with E-state index in [1.165, 1.54) is 6.07 Å². The summed E-state index contributed by atoms with van der Waals surface area (Å²) in [5.74, 6) is -0.918. The van der Waals surface area contributed by atoms with Gasteiger partial charge in [-0.1, -0.05) is 18.2 Å². The van der Waals surface area contributed by atoms with Crippen molar-refractivity contribution in [3.8, 4) is 5.69 Å². The average molecular weight is 515 g/mol. The van der Waals surface area contributed by atoms with E-state index in [1.54, 1.807) is 24.3 Å². The van der Waals surface area contributed by atoms with Gasteiger partial charge >= 0.3 is 6.03 Å². The Labute approximate surface area is 187 Å². The van der Waals surface area contributed by atoms with E-state index < -0.39 is 17.8 Å². The van der Waals surface area contributed by atoms with Gasteiger partial charge in [0, 0.05) is 26.2 Å². The van der Waals surface area contributed by atoms with E-state index >= 15 is 0 Å². The Morgan fingerprint density at radius 3 is 2.47 bits per heavy atom. The molecule has 0 saturated carbocycles. The number of urea groups is 1. The summed E-state index contributed by atoms with van der Waals surface area (Å²) in [6.45, 7) is 3.85. The van der Waals surface area contributed by atoms with Gasteiger partial charge in [0.1, 0.15) is 11.5 Å². The molecule has 0 spiro atoms. The van der Waals surface area contributed by atoms with Crippen molar-refractivity contribution in [2.75, 3.05) is 0 Å². The van der Waals surface area contributed by atoms with Crippen molar-refractivity contribution in [1.29, 1.82) is 0 Å². The number of aryl methyl sites for hydroxylation is 1. The van der Waals surface area contributed by atoms with Crippen LogP contribution in [-0.4, -0.2) is 21.4 Å². The Hall–Kier alpha value is -2.94. The second-order valence-electron chi connectivity index (χ2n) is 7.11. The highest BCUT2D eigenvalue weighted by atomic mass is 127. The maximum absolute atomic E-state index is 13.9. The summed E-state index contributed by atoms with van der Waals surface area (Å²) in [4.78, 5) is 26.1. The number of nitrogens with zero attached hydrogens (tertiary/aromatic N) is 2. The fraction of sp³-hybridized carbons (Fsp3) is 0.130. The van der Waals surface area contributed by atoms with Gasteiger partial charge in [0.25, 0.3) is 5.91 Å². The Morgan fingerprint density at radius 2 is 1.77 bits per heavy atom. The van der Waals surface area contributed by atoms with Gasteiger partial charge in [-0.2, -0.15) is 0 Å². The quantitative estimate of drug-likeness (QED) is 0.305. The van der Waals surface area contributed by atoms with E-state index in [2.05, 4.69) is 32.5 Å². The van der Waals surface area contributed by atoms with E-state index in [-0.39, 0.29) is 12.2 Å². The Bertz CT molecular complexity index is 1180. The molecule has 1 N–H and O–H groups in total. The van der Waals surface area contributed by atoms with Crippen LogP contribution in [0.4, 0.5) is 9.18 Å². The maximum Gasteiger partial charge on any atom is 0.329 e. The van der Waals surface area contributed by atoms with E-state index in [0.29, 0.717) is 5.56 Å². The van der Waals surface area contributed by atoms with Crippen LogP contribution in [0.15, 0.2) is 60.3 Å². The summed E-state index contributed by atoms with van der Waals surface area (Å²) >= 11 is 2.26. The lowest BCUT2D eigenvalue weighted by Gasteiger charge is -2.12. The van der Waals surface area contributed by atoms with Gasteiger partial charge in [-0.15, -0.1) is 0 Å². The number of hydrogen-bond acceptors (Lipinski definition) is 2. The first-order chi connectivity index (χ1) is 14.3. The van der Waals surface area contributed by atoms with Gasteiger partial charge in [0.2, 0.25) is 0 Å². The number of aromatic nitrogens is 1. The van der Waals surface area contributed by atoms with Crippen LogP contribution in [0.1, 0.15) is 22.5 Å². The SMILES string of the molecule is Cc1cc(/C=C2/NC(=O)N(Cc3ccccc3F)C2=O)c(C)n1-c1ccc(I)cc1. The van der Waals surface area contributed by atoms with Gasteiger partial charge in [0.05, 0.1) is 6.54 Å². The van der Waals surface area contributed by atoms with Gasteiger partial charge in [-0.05, 0) is 84.5 Å². The molecule has 5 nitrogen and oxygen atoms in total. The molecule has 0 aliphatic carbocycles. The molecule has 152 valence electrons. The predicted molar refractivity (Wildman–Crippen MR) is 121 cm³/mol. The zero-order chi connectivity index (χ0) is 21.4. The largest absolute Gasteiger partial charge is 0.329 e. The highest BCUT2D eigenvalue weighted by Crippen LogP contribution is 2.25. The van der Waals surface area contributed by atoms with Crippen LogP contribution >= 0.6 is 22.6 Å². The molecule has 2 aromatic carbocycles. The molecule has 1 saturated heterocycles. The predicted octanol–water partition coefficient (Wildman–Crippen LogP) is 4.93. The van der Waals surface area contributed by atoms with E-state index in [4.69, 9.17) is 0 Å². The monoisotopic (exact) mass is 515 g/mol. The molecule has 1 aliphatic heterocycles. The lowest BCUT2D eigenvalue weighted by atomic mass is 10.2. The normalized spacial score (nSPS) is 15.2. The molecule has 30 heavy (non-hydrogen) atoms. The highest BCUT2D eigenvalue weighted by Gasteiger charge is 2.34. The third kappa shape index (κ3) is 3.77. The standard InChI is InChI=1S/C23H19FIN3O2/c1-14-11-17(15(2)28(14)19-9-7-18(25)8-10-19)12-21-22(29)27(23(30)26-21)13-16-5-3-4-6-20(16)24/h3-12H,13H2,1-2H3,(H,26,30)/b21-12+. The molecule has 2 heterocycles. The number of benzene rings is 2. The Kier molecular flexibility index (Phi) is 5.46. The minimum absolute atomic E-state index is 0.115. The summed E-state index contributed by atoms with van der Waals surface area (Å²) in [5, 5.41) is 2.61. The molecule has 1 aromatic heterocycles. The van der Waals surface area contributed by atoms with Gasteiger partial charge in [0.15, 0.2) is 0 Å². The third-order valence-corrected chi connectivity index (χ3v) is 5.82. The summed E-state index contributed by atoms with van der Waals surface area (Å²) in [6.07, 6.45) is 1.67. The number of halogens is 2. The second kappa shape index (κ2) is 8.06. The minimum atomic E-state index is -0.555. The number of carbonyl (C=O) groups excluding carboxylic acids is 2. The second-order valence-corrected chi connectivity index (χ2v) is 8.35. The van der Waals surface area contributed by atoms with Gasteiger partial charge in [-0.3, -0.25) is 9.69 Å². The zero-order valence-electron chi connectivity index (χ0n) is 16.4. The van der Waals surface area contributed by atoms with Crippen molar-refractivity contribution in [2.45, 2.75) is 20.4 Å². The van der Waals surface area contributed by atoms with Crippen LogP contribution in [0.2, 0.25) is 0 Å². The number of imide groups is 1. The molecule has 0 radical (unpaired) electrons. The molecule has 0 bridgehead atoms. The number of amides is 3. The van der Waals surface area contributed by atoms with Crippen LogP contribution in [0.25, 0.3) is 11.8 Å². The number of nitrogens with one attached hydrogen (secondary N) is 1. The molecular formula is C23H19FIN3O2. The maximum atomic E-state index is 13.9. The van der Waals surface area contributed by atoms with Crippen LogP contribution in [-0.2, 0) is 11.3 Å². The molecule has 4 rings (SSSR count). The van der Waals surface area contributed by atoms with Crippen molar-refractivity contribution >= 4 is 40.6 Å². The molecular weight excluding hydrogens is 496 g/mol. The zero-order valence-corrected chi connectivity index (χ0v) is 18.6. The topological polar surface area (TPSA) is 54.3 Å². The van der Waals surface area contributed by atoms with Crippen LogP contribution in [0.3, 0.4) is 0 Å². The fourth-order valence-electron chi connectivity index (χ4n) is 3.59. The first-order valence-corrected chi connectivity index (χ1v) is 10.5. The first kappa shape index (κ1) is 20.3. The lowest BCUT2D eigenvalue weighted by Crippen LogP contribution is -2.30. The summed E-state index contributed by atoms with van der Waals surface area (Å²) in [7, 11) is 0. The number of carbonyl (C=O) groups is 2. The Balaban J connectivity index is 1.63. The average Bonchev–Trinajstić information content (AvgIpc) is 3.14. The van der Waals surface area contributed by atoms with E-state index in [0.717, 1.165) is 31.1 Å². The minimum Gasteiger partial charge on any atom is -0.318 e. The van der Waals surface area contributed by atoms with Crippen molar-refractivity contribution < 1.29 is 14.0 Å². The molecule has 3 amide bonds. The summed E-state index contributed by atoms with van der Waals surface area (Å²) < 4.78 is 17.2. The Morgan fingerprint density at radius 1 is 1.07 bits per heavy atom. The summed E-state index contributed by atoms with van der Waals surface area (Å²) in [6, 6.07) is 15.7. The van der Waals surface area contributed by atoms with Crippen molar-refractivity contribution in [1.82, 2.24) is 14.8 Å². The van der Waals surface area contributed by atoms with Gasteiger partial charge in [-0.25, -0.2) is 9.18 Å². The first-order valence-electron chi connectivity index (χ1n) is 9.38. The third-order valence-electron chi connectivity index (χ3n) is 5.10. The smallest absolute Gasteiger partial charge is 0.318 e.